The fraction of sp³-hybridized carbons (Fsp3) is 0.276. The average Bonchev–Trinajstić information content (AvgIpc) is 3.16. The van der Waals surface area contributed by atoms with Gasteiger partial charge >= 0.3 is 0 Å². The molecule has 4 aromatic rings. The Bertz CT molecular complexity index is 1210. The van der Waals surface area contributed by atoms with E-state index in [4.69, 9.17) is 9.84 Å². The van der Waals surface area contributed by atoms with E-state index in [1.165, 1.54) is 12.1 Å². The summed E-state index contributed by atoms with van der Waals surface area (Å²) in [5, 5.41) is 15.7. The molecule has 0 aliphatic heterocycles. The lowest BCUT2D eigenvalue weighted by molar-refractivity contribution is 0.0904. The summed E-state index contributed by atoms with van der Waals surface area (Å²) in [6.45, 7) is 5.28. The van der Waals surface area contributed by atoms with E-state index in [1.807, 2.05) is 67.7 Å². The summed E-state index contributed by atoms with van der Waals surface area (Å²) in [6.07, 6.45) is 0.0693. The largest absolute Gasteiger partial charge is 0.439 e. The number of aliphatic hydroxyl groups excluding tert-OH is 1. The number of hydrogen-bond acceptors (Lipinski definition) is 4. The summed E-state index contributed by atoms with van der Waals surface area (Å²) in [5.74, 6) is 0.820. The van der Waals surface area contributed by atoms with Crippen LogP contribution in [0.15, 0.2) is 84.9 Å². The monoisotopic (exact) mass is 473 g/mol. The highest BCUT2D eigenvalue weighted by molar-refractivity contribution is 5.65. The molecule has 1 aromatic heterocycles. The number of ether oxygens (including phenoxy) is 1. The van der Waals surface area contributed by atoms with Crippen molar-refractivity contribution in [3.8, 4) is 22.9 Å². The molecule has 0 saturated heterocycles. The number of aliphatic hydroxyl groups is 1. The lowest BCUT2D eigenvalue weighted by Gasteiger charge is -2.29. The maximum Gasteiger partial charge on any atom is 0.222 e. The summed E-state index contributed by atoms with van der Waals surface area (Å²) >= 11 is 0. The van der Waals surface area contributed by atoms with Gasteiger partial charge in [0.1, 0.15) is 17.3 Å². The van der Waals surface area contributed by atoms with Crippen LogP contribution >= 0.6 is 0 Å². The quantitative estimate of drug-likeness (QED) is 0.315. The predicted octanol–water partition coefficient (Wildman–Crippen LogP) is 5.83. The summed E-state index contributed by atoms with van der Waals surface area (Å²) in [6, 6.07) is 26.2. The van der Waals surface area contributed by atoms with Gasteiger partial charge in [-0.15, -0.1) is 0 Å². The molecule has 0 fully saturated rings. The highest BCUT2D eigenvalue weighted by Crippen LogP contribution is 2.34. The molecule has 35 heavy (non-hydrogen) atoms. The zero-order valence-corrected chi connectivity index (χ0v) is 20.4. The zero-order valence-electron chi connectivity index (χ0n) is 20.4. The molecule has 0 amide bonds. The van der Waals surface area contributed by atoms with E-state index in [2.05, 4.69) is 18.7 Å². The minimum absolute atomic E-state index is 0.183. The number of aromatic nitrogens is 2. The van der Waals surface area contributed by atoms with Crippen molar-refractivity contribution in [2.75, 3.05) is 6.54 Å². The summed E-state index contributed by atoms with van der Waals surface area (Å²) in [7, 11) is 1.85. The maximum atomic E-state index is 13.4. The van der Waals surface area contributed by atoms with Gasteiger partial charge in [0.25, 0.3) is 0 Å². The van der Waals surface area contributed by atoms with Gasteiger partial charge in [0.05, 0.1) is 11.7 Å². The van der Waals surface area contributed by atoms with Crippen molar-refractivity contribution < 1.29 is 14.2 Å². The molecule has 4 rings (SSSR count). The first kappa shape index (κ1) is 24.6. The molecule has 5 nitrogen and oxygen atoms in total. The fourth-order valence-corrected chi connectivity index (χ4v) is 4.15. The summed E-state index contributed by atoms with van der Waals surface area (Å²) < 4.78 is 21.4. The normalized spacial score (nSPS) is 12.3. The van der Waals surface area contributed by atoms with E-state index in [9.17, 15) is 9.50 Å². The van der Waals surface area contributed by atoms with Crippen LogP contribution in [0.25, 0.3) is 11.3 Å². The number of hydrogen-bond donors (Lipinski definition) is 1. The summed E-state index contributed by atoms with van der Waals surface area (Å²) in [5.41, 5.74) is 3.84. The van der Waals surface area contributed by atoms with Crippen molar-refractivity contribution in [2.45, 2.75) is 39.0 Å². The van der Waals surface area contributed by atoms with Crippen LogP contribution in [0.1, 0.15) is 25.0 Å². The van der Waals surface area contributed by atoms with Crippen molar-refractivity contribution in [1.29, 1.82) is 0 Å². The van der Waals surface area contributed by atoms with Gasteiger partial charge in [0.2, 0.25) is 5.88 Å². The molecule has 0 saturated carbocycles. The smallest absolute Gasteiger partial charge is 0.222 e. The Labute approximate surface area is 206 Å². The third-order valence-electron chi connectivity index (χ3n) is 6.01. The van der Waals surface area contributed by atoms with Crippen LogP contribution in [0.2, 0.25) is 0 Å². The SMILES string of the molecule is CC(C)N(Cc1c(-c2ccccc2)nn(C)c1Oc1ccc(F)cc1)CC(O)Cc1ccccc1. The second kappa shape index (κ2) is 11.3. The lowest BCUT2D eigenvalue weighted by atomic mass is 10.0. The molecule has 0 radical (unpaired) electrons. The van der Waals surface area contributed by atoms with E-state index in [0.29, 0.717) is 31.1 Å². The average molecular weight is 474 g/mol. The van der Waals surface area contributed by atoms with E-state index in [-0.39, 0.29) is 11.9 Å². The molecule has 1 heterocycles. The van der Waals surface area contributed by atoms with Crippen LogP contribution in [-0.4, -0.2) is 38.5 Å². The third kappa shape index (κ3) is 6.35. The van der Waals surface area contributed by atoms with E-state index in [1.54, 1.807) is 16.8 Å². The molecular formula is C29H32FN3O2. The zero-order chi connectivity index (χ0) is 24.8. The van der Waals surface area contributed by atoms with Crippen molar-refractivity contribution in [3.05, 3.63) is 102 Å². The topological polar surface area (TPSA) is 50.5 Å². The molecule has 1 atom stereocenters. The minimum atomic E-state index is -0.516. The predicted molar refractivity (Wildman–Crippen MR) is 137 cm³/mol. The van der Waals surface area contributed by atoms with Crippen molar-refractivity contribution in [1.82, 2.24) is 14.7 Å². The minimum Gasteiger partial charge on any atom is -0.439 e. The lowest BCUT2D eigenvalue weighted by Crippen LogP contribution is -2.38. The Hall–Kier alpha value is -3.48. The van der Waals surface area contributed by atoms with Crippen molar-refractivity contribution >= 4 is 0 Å². The Morgan fingerprint density at radius 3 is 2.20 bits per heavy atom. The Morgan fingerprint density at radius 1 is 0.943 bits per heavy atom. The number of nitrogens with zero attached hydrogens (tertiary/aromatic N) is 3. The molecule has 0 bridgehead atoms. The van der Waals surface area contributed by atoms with Gasteiger partial charge in [0, 0.05) is 31.7 Å². The fourth-order valence-electron chi connectivity index (χ4n) is 4.15. The van der Waals surface area contributed by atoms with Gasteiger partial charge in [-0.2, -0.15) is 5.10 Å². The number of aryl methyl sites for hydroxylation is 1. The standard InChI is InChI=1S/C29H32FN3O2/c1-21(2)33(19-25(34)18-22-10-6-4-7-11-22)20-27-28(23-12-8-5-9-13-23)31-32(3)29(27)35-26-16-14-24(30)15-17-26/h4-17,21,25,34H,18-20H2,1-3H3. The van der Waals surface area contributed by atoms with Crippen molar-refractivity contribution in [3.63, 3.8) is 0 Å². The van der Waals surface area contributed by atoms with Crippen LogP contribution in [0, 0.1) is 5.82 Å². The second-order valence-electron chi connectivity index (χ2n) is 9.04. The first-order chi connectivity index (χ1) is 16.9. The second-order valence-corrected chi connectivity index (χ2v) is 9.04. The van der Waals surface area contributed by atoms with Crippen LogP contribution in [0.4, 0.5) is 4.39 Å². The Morgan fingerprint density at radius 2 is 1.57 bits per heavy atom. The van der Waals surface area contributed by atoms with Crippen molar-refractivity contribution in [2.24, 2.45) is 7.05 Å². The van der Waals surface area contributed by atoms with E-state index < -0.39 is 6.10 Å². The van der Waals surface area contributed by atoms with Gasteiger partial charge in [-0.05, 0) is 50.1 Å². The van der Waals surface area contributed by atoms with Gasteiger partial charge in [-0.1, -0.05) is 60.7 Å². The molecule has 0 spiro atoms. The number of halogens is 1. The van der Waals surface area contributed by atoms with Gasteiger partial charge < -0.3 is 9.84 Å². The Kier molecular flexibility index (Phi) is 7.95. The molecule has 182 valence electrons. The molecule has 6 heteroatoms. The highest BCUT2D eigenvalue weighted by Gasteiger charge is 2.24. The first-order valence-corrected chi connectivity index (χ1v) is 11.9. The maximum absolute atomic E-state index is 13.4. The molecular weight excluding hydrogens is 441 g/mol. The van der Waals surface area contributed by atoms with Gasteiger partial charge in [-0.3, -0.25) is 4.90 Å². The van der Waals surface area contributed by atoms with Crippen LogP contribution in [0.5, 0.6) is 11.6 Å². The first-order valence-electron chi connectivity index (χ1n) is 11.9. The number of rotatable bonds is 10. The molecule has 0 aliphatic carbocycles. The van der Waals surface area contributed by atoms with Crippen LogP contribution in [-0.2, 0) is 20.0 Å². The van der Waals surface area contributed by atoms with Crippen LogP contribution < -0.4 is 4.74 Å². The number of benzene rings is 3. The van der Waals surface area contributed by atoms with Crippen LogP contribution in [0.3, 0.4) is 0 Å². The third-order valence-corrected chi connectivity index (χ3v) is 6.01. The Balaban J connectivity index is 1.64. The molecule has 3 aromatic carbocycles. The highest BCUT2D eigenvalue weighted by atomic mass is 19.1. The molecule has 0 aliphatic rings. The van der Waals surface area contributed by atoms with Gasteiger partial charge in [0.15, 0.2) is 0 Å². The molecule has 1 N–H and O–H groups in total. The molecule has 1 unspecified atom stereocenters. The van der Waals surface area contributed by atoms with E-state index >= 15 is 0 Å². The summed E-state index contributed by atoms with van der Waals surface area (Å²) in [4.78, 5) is 2.23. The van der Waals surface area contributed by atoms with E-state index in [0.717, 1.165) is 22.4 Å². The van der Waals surface area contributed by atoms with Gasteiger partial charge in [-0.25, -0.2) is 9.07 Å².